The zero-order valence-electron chi connectivity index (χ0n) is 18.6. The van der Waals surface area contributed by atoms with Crippen LogP contribution >= 0.6 is 11.8 Å². The van der Waals surface area contributed by atoms with E-state index in [1.54, 1.807) is 24.2 Å². The SMILES string of the molecule is CN(C)c1cc(-c2ccccc2)nc(SCc2ccc(C(=O)NCc3ccncc3)cc2)n1. The molecule has 0 bridgehead atoms. The van der Waals surface area contributed by atoms with E-state index in [0.29, 0.717) is 17.9 Å². The molecule has 0 fully saturated rings. The molecule has 0 saturated carbocycles. The molecule has 4 rings (SSSR count). The highest BCUT2D eigenvalue weighted by Gasteiger charge is 2.10. The summed E-state index contributed by atoms with van der Waals surface area (Å²) >= 11 is 1.58. The smallest absolute Gasteiger partial charge is 0.251 e. The van der Waals surface area contributed by atoms with Gasteiger partial charge in [0.05, 0.1) is 5.69 Å². The van der Waals surface area contributed by atoms with Crippen LogP contribution in [0.2, 0.25) is 0 Å². The van der Waals surface area contributed by atoms with E-state index in [1.165, 1.54) is 0 Å². The number of anilines is 1. The van der Waals surface area contributed by atoms with Crippen molar-refractivity contribution in [3.05, 3.63) is 102 Å². The lowest BCUT2D eigenvalue weighted by Crippen LogP contribution is -2.22. The largest absolute Gasteiger partial charge is 0.363 e. The van der Waals surface area contributed by atoms with Gasteiger partial charge in [-0.3, -0.25) is 9.78 Å². The predicted molar refractivity (Wildman–Crippen MR) is 133 cm³/mol. The van der Waals surface area contributed by atoms with Gasteiger partial charge in [0.15, 0.2) is 5.16 Å². The number of nitrogens with zero attached hydrogens (tertiary/aromatic N) is 4. The molecule has 0 unspecified atom stereocenters. The Hall–Kier alpha value is -3.71. The molecule has 0 spiro atoms. The molecule has 0 aliphatic heterocycles. The summed E-state index contributed by atoms with van der Waals surface area (Å²) < 4.78 is 0. The first-order valence-electron chi connectivity index (χ1n) is 10.6. The molecule has 1 N–H and O–H groups in total. The summed E-state index contributed by atoms with van der Waals surface area (Å²) in [5.74, 6) is 1.48. The number of carbonyl (C=O) groups is 1. The van der Waals surface area contributed by atoms with Gasteiger partial charge in [0.1, 0.15) is 5.82 Å². The molecule has 7 heteroatoms. The fourth-order valence-corrected chi connectivity index (χ4v) is 3.96. The highest BCUT2D eigenvalue weighted by atomic mass is 32.2. The first kappa shape index (κ1) is 22.5. The first-order chi connectivity index (χ1) is 16.1. The van der Waals surface area contributed by atoms with Gasteiger partial charge in [-0.2, -0.15) is 0 Å². The molecule has 0 radical (unpaired) electrons. The van der Waals surface area contributed by atoms with Gasteiger partial charge in [-0.15, -0.1) is 0 Å². The lowest BCUT2D eigenvalue weighted by atomic mass is 10.1. The number of nitrogens with one attached hydrogen (secondary N) is 1. The third kappa shape index (κ3) is 6.17. The maximum absolute atomic E-state index is 12.4. The summed E-state index contributed by atoms with van der Waals surface area (Å²) in [6.45, 7) is 0.474. The van der Waals surface area contributed by atoms with Crippen molar-refractivity contribution in [2.75, 3.05) is 19.0 Å². The Morgan fingerprint density at radius 2 is 1.64 bits per heavy atom. The molecule has 0 aliphatic rings. The monoisotopic (exact) mass is 455 g/mol. The van der Waals surface area contributed by atoms with Gasteiger partial charge >= 0.3 is 0 Å². The first-order valence-corrected chi connectivity index (χ1v) is 11.6. The van der Waals surface area contributed by atoms with Crippen molar-refractivity contribution in [2.45, 2.75) is 17.5 Å². The van der Waals surface area contributed by atoms with Crippen LogP contribution in [0.4, 0.5) is 5.82 Å². The third-order valence-electron chi connectivity index (χ3n) is 5.01. The number of amides is 1. The minimum atomic E-state index is -0.0967. The van der Waals surface area contributed by atoms with Crippen LogP contribution in [0.3, 0.4) is 0 Å². The average Bonchev–Trinajstić information content (AvgIpc) is 2.87. The van der Waals surface area contributed by atoms with E-state index < -0.39 is 0 Å². The molecule has 0 saturated heterocycles. The minimum Gasteiger partial charge on any atom is -0.363 e. The maximum atomic E-state index is 12.4. The molecular weight excluding hydrogens is 430 g/mol. The summed E-state index contributed by atoms with van der Waals surface area (Å²) in [7, 11) is 3.95. The molecule has 4 aromatic rings. The molecule has 33 heavy (non-hydrogen) atoms. The maximum Gasteiger partial charge on any atom is 0.251 e. The number of hydrogen-bond acceptors (Lipinski definition) is 6. The van der Waals surface area contributed by atoms with Crippen molar-refractivity contribution in [3.8, 4) is 11.3 Å². The fourth-order valence-electron chi connectivity index (χ4n) is 3.15. The van der Waals surface area contributed by atoms with Crippen LogP contribution in [-0.2, 0) is 12.3 Å². The van der Waals surface area contributed by atoms with E-state index in [9.17, 15) is 4.79 Å². The molecule has 6 nitrogen and oxygen atoms in total. The van der Waals surface area contributed by atoms with Gasteiger partial charge in [-0.05, 0) is 35.4 Å². The highest BCUT2D eigenvalue weighted by Crippen LogP contribution is 2.26. The van der Waals surface area contributed by atoms with Crippen LogP contribution in [0.5, 0.6) is 0 Å². The molecule has 1 amide bonds. The van der Waals surface area contributed by atoms with Gasteiger partial charge in [0, 0.05) is 56.0 Å². The van der Waals surface area contributed by atoms with E-state index >= 15 is 0 Å². The predicted octanol–water partition coefficient (Wildman–Crippen LogP) is 4.83. The van der Waals surface area contributed by atoms with Crippen molar-refractivity contribution in [2.24, 2.45) is 0 Å². The number of aromatic nitrogens is 3. The molecule has 2 heterocycles. The van der Waals surface area contributed by atoms with Crippen molar-refractivity contribution in [1.82, 2.24) is 20.3 Å². The lowest BCUT2D eigenvalue weighted by molar-refractivity contribution is 0.0951. The van der Waals surface area contributed by atoms with Crippen LogP contribution in [0.25, 0.3) is 11.3 Å². The minimum absolute atomic E-state index is 0.0967. The van der Waals surface area contributed by atoms with Crippen LogP contribution in [0.1, 0.15) is 21.5 Å². The van der Waals surface area contributed by atoms with Crippen LogP contribution in [-0.4, -0.2) is 35.0 Å². The Balaban J connectivity index is 1.40. The van der Waals surface area contributed by atoms with E-state index in [0.717, 1.165) is 33.4 Å². The Morgan fingerprint density at radius 3 is 2.33 bits per heavy atom. The van der Waals surface area contributed by atoms with Gasteiger partial charge in [-0.1, -0.05) is 54.2 Å². The second kappa shape index (κ2) is 10.7. The summed E-state index contributed by atoms with van der Waals surface area (Å²) in [6, 6.07) is 23.5. The summed E-state index contributed by atoms with van der Waals surface area (Å²) in [4.78, 5) is 27.8. The Morgan fingerprint density at radius 1 is 0.909 bits per heavy atom. The van der Waals surface area contributed by atoms with E-state index in [2.05, 4.69) is 27.4 Å². The second-order valence-electron chi connectivity index (χ2n) is 7.68. The standard InChI is InChI=1S/C26H25N5OS/c1-31(2)24-16-23(21-6-4-3-5-7-21)29-26(30-24)33-18-20-8-10-22(11-9-20)25(32)28-17-19-12-14-27-15-13-19/h3-16H,17-18H2,1-2H3,(H,28,32). The molecule has 2 aromatic heterocycles. The van der Waals surface area contributed by atoms with E-state index in [-0.39, 0.29) is 5.91 Å². The van der Waals surface area contributed by atoms with Crippen molar-refractivity contribution >= 4 is 23.5 Å². The number of carbonyl (C=O) groups excluding carboxylic acids is 1. The van der Waals surface area contributed by atoms with Gasteiger partial charge in [0.2, 0.25) is 0 Å². The van der Waals surface area contributed by atoms with Crippen LogP contribution in [0, 0.1) is 0 Å². The van der Waals surface area contributed by atoms with Crippen LogP contribution < -0.4 is 10.2 Å². The number of thioether (sulfide) groups is 1. The topological polar surface area (TPSA) is 71.0 Å². The quantitative estimate of drug-likeness (QED) is 0.303. The summed E-state index contributed by atoms with van der Waals surface area (Å²) in [6.07, 6.45) is 3.43. The Bertz CT molecular complexity index is 1200. The van der Waals surface area contributed by atoms with Gasteiger partial charge in [0.25, 0.3) is 5.91 Å². The number of pyridine rings is 1. The van der Waals surface area contributed by atoms with Crippen LogP contribution in [0.15, 0.2) is 90.3 Å². The van der Waals surface area contributed by atoms with Crippen molar-refractivity contribution in [1.29, 1.82) is 0 Å². The number of benzene rings is 2. The molecule has 166 valence electrons. The third-order valence-corrected chi connectivity index (χ3v) is 5.92. The fraction of sp³-hybridized carbons (Fsp3) is 0.154. The summed E-state index contributed by atoms with van der Waals surface area (Å²) in [5.41, 5.74) is 4.71. The molecule has 0 aliphatic carbocycles. The van der Waals surface area contributed by atoms with E-state index in [1.807, 2.05) is 79.7 Å². The normalized spacial score (nSPS) is 10.6. The Labute approximate surface area is 198 Å². The number of hydrogen-bond donors (Lipinski definition) is 1. The molecule has 2 aromatic carbocycles. The van der Waals surface area contributed by atoms with Gasteiger partial charge < -0.3 is 10.2 Å². The lowest BCUT2D eigenvalue weighted by Gasteiger charge is -2.14. The second-order valence-corrected chi connectivity index (χ2v) is 8.62. The average molecular weight is 456 g/mol. The molecule has 0 atom stereocenters. The van der Waals surface area contributed by atoms with Crippen molar-refractivity contribution < 1.29 is 4.79 Å². The number of rotatable bonds is 8. The van der Waals surface area contributed by atoms with E-state index in [4.69, 9.17) is 4.98 Å². The zero-order chi connectivity index (χ0) is 23.0. The highest BCUT2D eigenvalue weighted by molar-refractivity contribution is 7.98. The zero-order valence-corrected chi connectivity index (χ0v) is 19.4. The van der Waals surface area contributed by atoms with Crippen molar-refractivity contribution in [3.63, 3.8) is 0 Å². The molecular formula is C26H25N5OS. The van der Waals surface area contributed by atoms with Gasteiger partial charge in [-0.25, -0.2) is 9.97 Å². The summed E-state index contributed by atoms with van der Waals surface area (Å²) in [5, 5.41) is 3.66. The Kier molecular flexibility index (Phi) is 7.32.